The molecule has 158 valence electrons. The van der Waals surface area contributed by atoms with Crippen molar-refractivity contribution < 1.29 is 13.2 Å². The third-order valence-electron chi connectivity index (χ3n) is 5.17. The van der Waals surface area contributed by atoms with Gasteiger partial charge in [-0.15, -0.1) is 0 Å². The average molecular weight is 418 g/mol. The van der Waals surface area contributed by atoms with Crippen LogP contribution in [0.4, 0.5) is 5.69 Å². The summed E-state index contributed by atoms with van der Waals surface area (Å²) in [5.41, 5.74) is 3.92. The Bertz CT molecular complexity index is 936. The van der Waals surface area contributed by atoms with Gasteiger partial charge in [-0.1, -0.05) is 38.1 Å². The van der Waals surface area contributed by atoms with Gasteiger partial charge in [0.05, 0.1) is 11.4 Å². The van der Waals surface area contributed by atoms with Gasteiger partial charge < -0.3 is 10.6 Å². The summed E-state index contributed by atoms with van der Waals surface area (Å²) in [6, 6.07) is 12.5. The Morgan fingerprint density at radius 2 is 1.66 bits per heavy atom. The number of hydrogen-bond acceptors (Lipinski definition) is 4. The maximum absolute atomic E-state index is 12.6. The van der Waals surface area contributed by atoms with E-state index in [2.05, 4.69) is 10.6 Å². The first kappa shape index (κ1) is 23.1. The molecule has 0 unspecified atom stereocenters. The lowest BCUT2D eigenvalue weighted by Gasteiger charge is -2.19. The predicted molar refractivity (Wildman–Crippen MR) is 118 cm³/mol. The maximum Gasteiger partial charge on any atom is 0.243 e. The average Bonchev–Trinajstić information content (AvgIpc) is 2.70. The minimum absolute atomic E-state index is 0.0930. The zero-order valence-corrected chi connectivity index (χ0v) is 18.6. The van der Waals surface area contributed by atoms with Crippen molar-refractivity contribution in [1.29, 1.82) is 0 Å². The van der Waals surface area contributed by atoms with Crippen LogP contribution in [0.5, 0.6) is 0 Å². The molecule has 0 aromatic heterocycles. The number of sulfonamides is 1. The number of carbonyl (C=O) groups excluding carboxylic acids is 1. The molecule has 0 heterocycles. The summed E-state index contributed by atoms with van der Waals surface area (Å²) < 4.78 is 26.6. The molecule has 2 aromatic carbocycles. The Hall–Kier alpha value is -2.22. The van der Waals surface area contributed by atoms with Gasteiger partial charge in [0.25, 0.3) is 0 Å². The summed E-state index contributed by atoms with van der Waals surface area (Å²) in [5.74, 6) is -0.119. The summed E-state index contributed by atoms with van der Waals surface area (Å²) in [7, 11) is -3.46. The number of nitrogens with zero attached hydrogens (tertiary/aromatic N) is 1. The molecular weight excluding hydrogens is 386 g/mol. The van der Waals surface area contributed by atoms with Crippen LogP contribution in [0.25, 0.3) is 0 Å². The van der Waals surface area contributed by atoms with Crippen LogP contribution in [0.2, 0.25) is 0 Å². The number of hydrogen-bond donors (Lipinski definition) is 2. The molecule has 0 saturated carbocycles. The van der Waals surface area contributed by atoms with Crippen LogP contribution in [0.3, 0.4) is 0 Å². The summed E-state index contributed by atoms with van der Waals surface area (Å²) in [6.07, 6.45) is 0. The van der Waals surface area contributed by atoms with E-state index in [1.165, 1.54) is 4.31 Å². The molecule has 7 heteroatoms. The highest BCUT2D eigenvalue weighted by Crippen LogP contribution is 2.20. The fraction of sp³-hybridized carbons (Fsp3) is 0.409. The van der Waals surface area contributed by atoms with Crippen molar-refractivity contribution in [3.05, 3.63) is 59.2 Å². The SMILES string of the molecule is CCN(CC)S(=O)(=O)c1ccc([C@@H](C)NCC(=O)Nc2cccc(C)c2C)cc1. The van der Waals surface area contributed by atoms with Crippen LogP contribution < -0.4 is 10.6 Å². The van der Waals surface area contributed by atoms with Crippen LogP contribution >= 0.6 is 0 Å². The molecule has 0 spiro atoms. The van der Waals surface area contributed by atoms with Crippen molar-refractivity contribution >= 4 is 21.6 Å². The van der Waals surface area contributed by atoms with Crippen LogP contribution in [-0.2, 0) is 14.8 Å². The third-order valence-corrected chi connectivity index (χ3v) is 7.23. The Labute approximate surface area is 174 Å². The summed E-state index contributed by atoms with van der Waals surface area (Å²) >= 11 is 0. The molecule has 29 heavy (non-hydrogen) atoms. The number of anilines is 1. The molecule has 0 radical (unpaired) electrons. The normalized spacial score (nSPS) is 12.8. The minimum Gasteiger partial charge on any atom is -0.325 e. The number of rotatable bonds is 9. The van der Waals surface area contributed by atoms with E-state index in [4.69, 9.17) is 0 Å². The first-order chi connectivity index (χ1) is 13.7. The van der Waals surface area contributed by atoms with Gasteiger partial charge in [-0.2, -0.15) is 4.31 Å². The third kappa shape index (κ3) is 5.65. The Morgan fingerprint density at radius 3 is 2.24 bits per heavy atom. The molecule has 2 N–H and O–H groups in total. The second-order valence-electron chi connectivity index (χ2n) is 7.06. The van der Waals surface area contributed by atoms with Gasteiger partial charge in [-0.05, 0) is 55.7 Å². The van der Waals surface area contributed by atoms with Crippen molar-refractivity contribution in [1.82, 2.24) is 9.62 Å². The van der Waals surface area contributed by atoms with E-state index in [1.807, 2.05) is 52.8 Å². The zero-order valence-electron chi connectivity index (χ0n) is 17.8. The van der Waals surface area contributed by atoms with Crippen molar-refractivity contribution in [3.63, 3.8) is 0 Å². The molecule has 1 amide bonds. The highest BCUT2D eigenvalue weighted by Gasteiger charge is 2.21. The summed E-state index contributed by atoms with van der Waals surface area (Å²) in [5, 5.41) is 6.11. The van der Waals surface area contributed by atoms with E-state index in [0.717, 1.165) is 22.4 Å². The molecule has 0 aliphatic carbocycles. The predicted octanol–water partition coefficient (Wildman–Crippen LogP) is 3.62. The largest absolute Gasteiger partial charge is 0.325 e. The highest BCUT2D eigenvalue weighted by molar-refractivity contribution is 7.89. The standard InChI is InChI=1S/C22H31N3O3S/c1-6-25(7-2)29(27,28)20-13-11-19(12-14-20)18(5)23-15-22(26)24-21-10-8-9-16(3)17(21)4/h8-14,18,23H,6-7,15H2,1-5H3,(H,24,26)/t18-/m1/s1. The highest BCUT2D eigenvalue weighted by atomic mass is 32.2. The van der Waals surface area contributed by atoms with Gasteiger partial charge in [-0.3, -0.25) is 4.79 Å². The van der Waals surface area contributed by atoms with Gasteiger partial charge in [0.2, 0.25) is 15.9 Å². The molecular formula is C22H31N3O3S. The Balaban J connectivity index is 1.98. The van der Waals surface area contributed by atoms with Gasteiger partial charge in [0, 0.05) is 24.8 Å². The second-order valence-corrected chi connectivity index (χ2v) is 8.99. The number of amides is 1. The van der Waals surface area contributed by atoms with Gasteiger partial charge in [0.1, 0.15) is 0 Å². The monoisotopic (exact) mass is 417 g/mol. The van der Waals surface area contributed by atoms with Crippen molar-refractivity contribution in [2.45, 2.75) is 45.6 Å². The quantitative estimate of drug-likeness (QED) is 0.653. The topological polar surface area (TPSA) is 78.5 Å². The van der Waals surface area contributed by atoms with E-state index in [-0.39, 0.29) is 23.4 Å². The van der Waals surface area contributed by atoms with Crippen molar-refractivity contribution in [2.75, 3.05) is 25.0 Å². The van der Waals surface area contributed by atoms with Crippen molar-refractivity contribution in [2.24, 2.45) is 0 Å². The molecule has 0 saturated heterocycles. The number of nitrogens with one attached hydrogen (secondary N) is 2. The molecule has 2 aromatic rings. The Kier molecular flexibility index (Phi) is 7.96. The van der Waals surface area contributed by atoms with Gasteiger partial charge >= 0.3 is 0 Å². The van der Waals surface area contributed by atoms with E-state index in [0.29, 0.717) is 13.1 Å². The van der Waals surface area contributed by atoms with E-state index in [1.54, 1.807) is 24.3 Å². The second kappa shape index (κ2) is 10.0. The molecule has 0 aliphatic heterocycles. The summed E-state index contributed by atoms with van der Waals surface area (Å²) in [4.78, 5) is 12.6. The van der Waals surface area contributed by atoms with Crippen LogP contribution in [-0.4, -0.2) is 38.3 Å². The summed E-state index contributed by atoms with van der Waals surface area (Å²) in [6.45, 7) is 10.6. The fourth-order valence-corrected chi connectivity index (χ4v) is 4.54. The van der Waals surface area contributed by atoms with Crippen LogP contribution in [0, 0.1) is 13.8 Å². The molecule has 0 bridgehead atoms. The first-order valence-corrected chi connectivity index (χ1v) is 11.3. The number of benzene rings is 2. The van der Waals surface area contributed by atoms with Crippen LogP contribution in [0.15, 0.2) is 47.4 Å². The fourth-order valence-electron chi connectivity index (χ4n) is 3.09. The first-order valence-electron chi connectivity index (χ1n) is 9.90. The smallest absolute Gasteiger partial charge is 0.243 e. The molecule has 2 rings (SSSR count). The van der Waals surface area contributed by atoms with Gasteiger partial charge in [0.15, 0.2) is 0 Å². The van der Waals surface area contributed by atoms with Gasteiger partial charge in [-0.25, -0.2) is 8.42 Å². The number of carbonyl (C=O) groups is 1. The molecule has 6 nitrogen and oxygen atoms in total. The zero-order chi connectivity index (χ0) is 21.6. The van der Waals surface area contributed by atoms with E-state index >= 15 is 0 Å². The molecule has 1 atom stereocenters. The number of aryl methyl sites for hydroxylation is 1. The van der Waals surface area contributed by atoms with E-state index < -0.39 is 10.0 Å². The Morgan fingerprint density at radius 1 is 1.03 bits per heavy atom. The van der Waals surface area contributed by atoms with Crippen LogP contribution in [0.1, 0.15) is 43.5 Å². The minimum atomic E-state index is -3.46. The van der Waals surface area contributed by atoms with E-state index in [9.17, 15) is 13.2 Å². The molecule has 0 aliphatic rings. The van der Waals surface area contributed by atoms with Crippen molar-refractivity contribution in [3.8, 4) is 0 Å². The lowest BCUT2D eigenvalue weighted by molar-refractivity contribution is -0.115. The lowest BCUT2D eigenvalue weighted by atomic mass is 10.1. The molecule has 0 fully saturated rings. The maximum atomic E-state index is 12.6. The lowest BCUT2D eigenvalue weighted by Crippen LogP contribution is -2.31.